The monoisotopic (exact) mass is 385 g/mol. The molecule has 154 valence electrons. The molecule has 1 saturated carbocycles. The molecule has 2 aliphatic carbocycles. The van der Waals surface area contributed by atoms with Crippen LogP contribution >= 0.6 is 0 Å². The van der Waals surface area contributed by atoms with Gasteiger partial charge in [-0.15, -0.1) is 0 Å². The summed E-state index contributed by atoms with van der Waals surface area (Å²) in [6.45, 7) is 10.1. The van der Waals surface area contributed by atoms with E-state index in [1.165, 1.54) is 17.6 Å². The molecule has 4 heteroatoms. The summed E-state index contributed by atoms with van der Waals surface area (Å²) in [6.07, 6.45) is 3.22. The Bertz CT molecular complexity index is 719. The maximum Gasteiger partial charge on any atom is 0.407 e. The first-order valence-corrected chi connectivity index (χ1v) is 10.6. The number of nitrogens with one attached hydrogen (secondary N) is 1. The van der Waals surface area contributed by atoms with Crippen LogP contribution in [0.15, 0.2) is 41.5 Å². The predicted octanol–water partition coefficient (Wildman–Crippen LogP) is 5.39. The quantitative estimate of drug-likeness (QED) is 0.684. The van der Waals surface area contributed by atoms with E-state index in [-0.39, 0.29) is 18.1 Å². The van der Waals surface area contributed by atoms with Crippen LogP contribution in [0.25, 0.3) is 0 Å². The molecule has 0 heterocycles. The average Bonchev–Trinajstić information content (AvgIpc) is 2.92. The SMILES string of the molecule is CC1=C2CC[C@H](C)[C@@H]2C[C@H](C(C)(C)O)[C@@H](OC(=O)N[C@@H](C)c2ccccc2)C1. The van der Waals surface area contributed by atoms with Crippen LogP contribution in [-0.4, -0.2) is 22.9 Å². The average molecular weight is 386 g/mol. The van der Waals surface area contributed by atoms with Crippen LogP contribution in [0.5, 0.6) is 0 Å². The van der Waals surface area contributed by atoms with Gasteiger partial charge in [-0.1, -0.05) is 48.4 Å². The molecule has 1 aromatic rings. The van der Waals surface area contributed by atoms with Gasteiger partial charge in [0.25, 0.3) is 0 Å². The molecule has 5 atom stereocenters. The summed E-state index contributed by atoms with van der Waals surface area (Å²) in [6, 6.07) is 9.75. The van der Waals surface area contributed by atoms with E-state index >= 15 is 0 Å². The number of aliphatic hydroxyl groups is 1. The number of fused-ring (bicyclic) bond motifs is 1. The molecule has 3 rings (SSSR count). The molecule has 0 bridgehead atoms. The Hall–Kier alpha value is -1.81. The van der Waals surface area contributed by atoms with Gasteiger partial charge in [-0.3, -0.25) is 0 Å². The van der Waals surface area contributed by atoms with Crippen LogP contribution in [0, 0.1) is 17.8 Å². The molecule has 0 aliphatic heterocycles. The Morgan fingerprint density at radius 3 is 2.61 bits per heavy atom. The van der Waals surface area contributed by atoms with Gasteiger partial charge in [0.1, 0.15) is 6.10 Å². The van der Waals surface area contributed by atoms with Crippen molar-refractivity contribution in [2.45, 2.75) is 78.0 Å². The van der Waals surface area contributed by atoms with Gasteiger partial charge in [0.15, 0.2) is 0 Å². The van der Waals surface area contributed by atoms with Crippen LogP contribution in [0.3, 0.4) is 0 Å². The summed E-state index contributed by atoms with van der Waals surface area (Å²) in [5, 5.41) is 13.8. The number of ether oxygens (including phenoxy) is 1. The van der Waals surface area contributed by atoms with Crippen molar-refractivity contribution in [1.82, 2.24) is 5.32 Å². The first-order chi connectivity index (χ1) is 13.2. The zero-order valence-corrected chi connectivity index (χ0v) is 17.9. The molecular formula is C24H35NO3. The second-order valence-corrected chi connectivity index (χ2v) is 9.35. The highest BCUT2D eigenvalue weighted by molar-refractivity contribution is 5.68. The number of amides is 1. The van der Waals surface area contributed by atoms with Crippen molar-refractivity contribution in [2.24, 2.45) is 17.8 Å². The minimum Gasteiger partial charge on any atom is -0.445 e. The van der Waals surface area contributed by atoms with E-state index in [1.807, 2.05) is 51.1 Å². The molecule has 28 heavy (non-hydrogen) atoms. The lowest BCUT2D eigenvalue weighted by atomic mass is 9.77. The van der Waals surface area contributed by atoms with E-state index in [9.17, 15) is 9.90 Å². The Balaban J connectivity index is 1.74. The maximum atomic E-state index is 12.7. The molecule has 1 amide bonds. The molecule has 1 fully saturated rings. The lowest BCUT2D eigenvalue weighted by Gasteiger charge is -2.36. The van der Waals surface area contributed by atoms with Crippen LogP contribution < -0.4 is 5.32 Å². The highest BCUT2D eigenvalue weighted by atomic mass is 16.6. The Morgan fingerprint density at radius 1 is 1.29 bits per heavy atom. The smallest absolute Gasteiger partial charge is 0.407 e. The molecule has 0 saturated heterocycles. The Labute approximate surface area is 169 Å². The molecule has 0 aromatic heterocycles. The van der Waals surface area contributed by atoms with Crippen molar-refractivity contribution < 1.29 is 14.6 Å². The first-order valence-electron chi connectivity index (χ1n) is 10.6. The van der Waals surface area contributed by atoms with Crippen molar-refractivity contribution in [2.75, 3.05) is 0 Å². The lowest BCUT2D eigenvalue weighted by molar-refractivity contribution is -0.0584. The van der Waals surface area contributed by atoms with E-state index in [4.69, 9.17) is 4.74 Å². The van der Waals surface area contributed by atoms with Crippen molar-refractivity contribution in [3.05, 3.63) is 47.0 Å². The molecule has 2 N–H and O–H groups in total. The minimum atomic E-state index is -0.895. The molecule has 0 unspecified atom stereocenters. The summed E-state index contributed by atoms with van der Waals surface area (Å²) in [4.78, 5) is 12.7. The standard InChI is InChI=1S/C24H35NO3/c1-15-11-12-19-16(2)13-22(21(14-20(15)19)24(4,5)27)28-23(26)25-17(3)18-9-7-6-8-10-18/h6-10,15,17,20-22,27H,11-14H2,1-5H3,(H,25,26)/t15-,17-,20-,21-,22-/m0/s1. The fourth-order valence-corrected chi connectivity index (χ4v) is 5.06. The third kappa shape index (κ3) is 4.60. The molecular weight excluding hydrogens is 350 g/mol. The zero-order chi connectivity index (χ0) is 20.5. The van der Waals surface area contributed by atoms with Gasteiger partial charge in [0.05, 0.1) is 11.6 Å². The van der Waals surface area contributed by atoms with E-state index < -0.39 is 11.7 Å². The number of hydrogen-bond acceptors (Lipinski definition) is 3. The zero-order valence-electron chi connectivity index (χ0n) is 17.9. The van der Waals surface area contributed by atoms with Crippen molar-refractivity contribution in [3.63, 3.8) is 0 Å². The van der Waals surface area contributed by atoms with Gasteiger partial charge in [0, 0.05) is 12.3 Å². The fraction of sp³-hybridized carbons (Fsp3) is 0.625. The van der Waals surface area contributed by atoms with Gasteiger partial charge >= 0.3 is 6.09 Å². The number of carbonyl (C=O) groups is 1. The topological polar surface area (TPSA) is 58.6 Å². The van der Waals surface area contributed by atoms with Gasteiger partial charge in [-0.25, -0.2) is 4.79 Å². The minimum absolute atomic E-state index is 0.0803. The van der Waals surface area contributed by atoms with E-state index in [0.717, 1.165) is 18.4 Å². The number of hydrogen-bond donors (Lipinski definition) is 2. The summed E-state index contributed by atoms with van der Waals surface area (Å²) < 4.78 is 5.93. The first kappa shape index (κ1) is 20.9. The predicted molar refractivity (Wildman–Crippen MR) is 112 cm³/mol. The van der Waals surface area contributed by atoms with Crippen LogP contribution in [0.1, 0.15) is 71.9 Å². The van der Waals surface area contributed by atoms with Crippen molar-refractivity contribution in [1.29, 1.82) is 0 Å². The number of benzene rings is 1. The summed E-state index contributed by atoms with van der Waals surface area (Å²) >= 11 is 0. The Kier molecular flexibility index (Phi) is 6.18. The van der Waals surface area contributed by atoms with Crippen LogP contribution in [0.4, 0.5) is 4.79 Å². The molecule has 0 spiro atoms. The van der Waals surface area contributed by atoms with Gasteiger partial charge < -0.3 is 15.2 Å². The van der Waals surface area contributed by atoms with E-state index in [0.29, 0.717) is 18.3 Å². The summed E-state index contributed by atoms with van der Waals surface area (Å²) in [5.41, 5.74) is 3.02. The normalized spacial score (nSPS) is 29.1. The number of allylic oxidation sites excluding steroid dienone is 1. The van der Waals surface area contributed by atoms with E-state index in [1.54, 1.807) is 0 Å². The van der Waals surface area contributed by atoms with Gasteiger partial charge in [0.2, 0.25) is 0 Å². The maximum absolute atomic E-state index is 12.7. The molecule has 4 nitrogen and oxygen atoms in total. The number of rotatable bonds is 4. The van der Waals surface area contributed by atoms with Gasteiger partial charge in [-0.05, 0) is 64.4 Å². The highest BCUT2D eigenvalue weighted by Crippen LogP contribution is 2.48. The summed E-state index contributed by atoms with van der Waals surface area (Å²) in [5.74, 6) is 1.04. The highest BCUT2D eigenvalue weighted by Gasteiger charge is 2.44. The van der Waals surface area contributed by atoms with Crippen molar-refractivity contribution >= 4 is 6.09 Å². The fourth-order valence-electron chi connectivity index (χ4n) is 5.06. The third-order valence-electron chi connectivity index (χ3n) is 6.82. The molecule has 0 radical (unpaired) electrons. The van der Waals surface area contributed by atoms with Crippen LogP contribution in [0.2, 0.25) is 0 Å². The largest absolute Gasteiger partial charge is 0.445 e. The lowest BCUT2D eigenvalue weighted by Crippen LogP contribution is -2.44. The number of alkyl carbamates (subject to hydrolysis) is 1. The second-order valence-electron chi connectivity index (χ2n) is 9.35. The third-order valence-corrected chi connectivity index (χ3v) is 6.82. The Morgan fingerprint density at radius 2 is 1.96 bits per heavy atom. The van der Waals surface area contributed by atoms with E-state index in [2.05, 4.69) is 19.2 Å². The number of carbonyl (C=O) groups excluding carboxylic acids is 1. The molecule has 1 aromatic carbocycles. The van der Waals surface area contributed by atoms with Crippen LogP contribution in [-0.2, 0) is 4.74 Å². The van der Waals surface area contributed by atoms with Crippen molar-refractivity contribution in [3.8, 4) is 0 Å². The molecule has 2 aliphatic rings. The summed E-state index contributed by atoms with van der Waals surface area (Å²) in [7, 11) is 0. The second kappa shape index (κ2) is 8.28. The van der Waals surface area contributed by atoms with Gasteiger partial charge in [-0.2, -0.15) is 0 Å².